The third kappa shape index (κ3) is 7.38. The molecule has 1 aliphatic heterocycles. The first-order valence-electron chi connectivity index (χ1n) is 10.3. The van der Waals surface area contributed by atoms with E-state index in [4.69, 9.17) is 4.74 Å². The summed E-state index contributed by atoms with van der Waals surface area (Å²) in [7, 11) is 1.82. The van der Waals surface area contributed by atoms with Gasteiger partial charge in [0.2, 0.25) is 0 Å². The molecule has 3 rings (SSSR count). The zero-order valence-electron chi connectivity index (χ0n) is 17.4. The minimum absolute atomic E-state index is 0.449. The van der Waals surface area contributed by atoms with Gasteiger partial charge < -0.3 is 15.4 Å². The highest BCUT2D eigenvalue weighted by Gasteiger charge is 2.13. The van der Waals surface area contributed by atoms with E-state index >= 15 is 0 Å². The number of rotatable bonds is 8. The molecule has 0 radical (unpaired) electrons. The lowest BCUT2D eigenvalue weighted by Gasteiger charge is -2.27. The fourth-order valence-electron chi connectivity index (χ4n) is 3.30. The van der Waals surface area contributed by atoms with E-state index in [1.807, 2.05) is 18.8 Å². The van der Waals surface area contributed by atoms with Gasteiger partial charge in [-0.05, 0) is 23.3 Å². The largest absolute Gasteiger partial charge is 0.379 e. The fraction of sp³-hybridized carbons (Fsp3) is 0.435. The van der Waals surface area contributed by atoms with Gasteiger partial charge in [-0.25, -0.2) is 0 Å². The van der Waals surface area contributed by atoms with Crippen LogP contribution in [0.2, 0.25) is 0 Å². The molecule has 1 unspecified atom stereocenters. The molecule has 1 heterocycles. The van der Waals surface area contributed by atoms with Crippen molar-refractivity contribution in [3.05, 3.63) is 65.7 Å². The quantitative estimate of drug-likeness (QED) is 0.396. The topological polar surface area (TPSA) is 48.9 Å². The van der Waals surface area contributed by atoms with Gasteiger partial charge in [-0.3, -0.25) is 9.89 Å². The number of nitrogens with zero attached hydrogens (tertiary/aromatic N) is 2. The summed E-state index contributed by atoms with van der Waals surface area (Å²) < 4.78 is 5.47. The Kier molecular flexibility index (Phi) is 8.86. The van der Waals surface area contributed by atoms with E-state index in [2.05, 4.69) is 82.0 Å². The summed E-state index contributed by atoms with van der Waals surface area (Å²) in [4.78, 5) is 8.14. The van der Waals surface area contributed by atoms with Crippen molar-refractivity contribution >= 4 is 17.7 Å². The van der Waals surface area contributed by atoms with Crippen LogP contribution in [0.1, 0.15) is 18.1 Å². The molecule has 2 N–H and O–H groups in total. The molecule has 1 atom stereocenters. The average molecular weight is 413 g/mol. The van der Waals surface area contributed by atoms with Crippen LogP contribution in [0, 0.1) is 0 Å². The molecule has 1 fully saturated rings. The number of thioether (sulfide) groups is 1. The number of aliphatic imine (C=N–C) groups is 1. The second-order valence-corrected chi connectivity index (χ2v) is 8.72. The van der Waals surface area contributed by atoms with Gasteiger partial charge in [-0.1, -0.05) is 49.4 Å². The number of ether oxygens (including phenoxy) is 1. The normalized spacial score (nSPS) is 16.4. The van der Waals surface area contributed by atoms with Gasteiger partial charge in [0.15, 0.2) is 5.96 Å². The monoisotopic (exact) mass is 412 g/mol. The summed E-state index contributed by atoms with van der Waals surface area (Å²) >= 11 is 1.87. The van der Waals surface area contributed by atoms with E-state index < -0.39 is 0 Å². The highest BCUT2D eigenvalue weighted by molar-refractivity contribution is 8.00. The maximum Gasteiger partial charge on any atom is 0.191 e. The number of hydrogen-bond acceptors (Lipinski definition) is 4. The van der Waals surface area contributed by atoms with Gasteiger partial charge in [0.05, 0.1) is 13.2 Å². The van der Waals surface area contributed by atoms with Gasteiger partial charge in [0.1, 0.15) is 0 Å². The van der Waals surface area contributed by atoms with Crippen LogP contribution < -0.4 is 10.6 Å². The summed E-state index contributed by atoms with van der Waals surface area (Å²) in [6.07, 6.45) is 0. The number of morpholine rings is 1. The van der Waals surface area contributed by atoms with Crippen LogP contribution >= 0.6 is 11.8 Å². The molecular formula is C23H32N4OS. The van der Waals surface area contributed by atoms with Crippen molar-refractivity contribution in [1.29, 1.82) is 0 Å². The van der Waals surface area contributed by atoms with E-state index in [0.29, 0.717) is 5.25 Å². The molecule has 2 aromatic carbocycles. The van der Waals surface area contributed by atoms with Gasteiger partial charge >= 0.3 is 0 Å². The molecular weight excluding hydrogens is 380 g/mol. The predicted octanol–water partition coefficient (Wildman–Crippen LogP) is 3.36. The molecule has 0 spiro atoms. The summed E-state index contributed by atoms with van der Waals surface area (Å²) in [5.74, 6) is 0.840. The lowest BCUT2D eigenvalue weighted by molar-refractivity contribution is 0.0341. The van der Waals surface area contributed by atoms with Gasteiger partial charge in [0, 0.05) is 49.9 Å². The SMILES string of the molecule is CN=C(NCc1ccccc1CN1CCOCC1)NCC(C)Sc1ccccc1. The van der Waals surface area contributed by atoms with Crippen molar-refractivity contribution < 1.29 is 4.74 Å². The predicted molar refractivity (Wildman–Crippen MR) is 123 cm³/mol. The molecule has 0 aromatic heterocycles. The minimum Gasteiger partial charge on any atom is -0.379 e. The fourth-order valence-corrected chi connectivity index (χ4v) is 4.24. The number of hydrogen-bond donors (Lipinski definition) is 2. The van der Waals surface area contributed by atoms with Crippen LogP contribution in [0.3, 0.4) is 0 Å². The molecule has 0 bridgehead atoms. The van der Waals surface area contributed by atoms with Crippen molar-refractivity contribution in [2.24, 2.45) is 4.99 Å². The Morgan fingerprint density at radius 3 is 2.45 bits per heavy atom. The second kappa shape index (κ2) is 11.9. The van der Waals surface area contributed by atoms with Gasteiger partial charge in [0.25, 0.3) is 0 Å². The van der Waals surface area contributed by atoms with Crippen molar-refractivity contribution in [2.75, 3.05) is 39.9 Å². The van der Waals surface area contributed by atoms with Crippen molar-refractivity contribution in [3.8, 4) is 0 Å². The third-order valence-corrected chi connectivity index (χ3v) is 6.04. The number of nitrogens with one attached hydrogen (secondary N) is 2. The Balaban J connectivity index is 1.47. The van der Waals surface area contributed by atoms with Crippen LogP contribution in [0.25, 0.3) is 0 Å². The van der Waals surface area contributed by atoms with Gasteiger partial charge in [-0.15, -0.1) is 11.8 Å². The maximum atomic E-state index is 5.47. The van der Waals surface area contributed by atoms with Crippen LogP contribution in [0.5, 0.6) is 0 Å². The Hall–Kier alpha value is -2.02. The summed E-state index contributed by atoms with van der Waals surface area (Å²) in [5, 5.41) is 7.37. The van der Waals surface area contributed by atoms with Crippen LogP contribution in [0.15, 0.2) is 64.5 Å². The molecule has 6 heteroatoms. The highest BCUT2D eigenvalue weighted by Crippen LogP contribution is 2.21. The Morgan fingerprint density at radius 2 is 1.72 bits per heavy atom. The summed E-state index contributed by atoms with van der Waals surface area (Å²) in [5.41, 5.74) is 2.68. The first-order chi connectivity index (χ1) is 14.2. The Bertz CT molecular complexity index is 762. The third-order valence-electron chi connectivity index (χ3n) is 4.92. The Labute approximate surface area is 178 Å². The van der Waals surface area contributed by atoms with E-state index in [-0.39, 0.29) is 0 Å². The minimum atomic E-state index is 0.449. The summed E-state index contributed by atoms with van der Waals surface area (Å²) in [6, 6.07) is 19.2. The first-order valence-corrected chi connectivity index (χ1v) is 11.2. The van der Waals surface area contributed by atoms with Crippen molar-refractivity contribution in [2.45, 2.75) is 30.2 Å². The van der Waals surface area contributed by atoms with Gasteiger partial charge in [-0.2, -0.15) is 0 Å². The molecule has 1 saturated heterocycles. The molecule has 29 heavy (non-hydrogen) atoms. The van der Waals surface area contributed by atoms with Crippen molar-refractivity contribution in [3.63, 3.8) is 0 Å². The lowest BCUT2D eigenvalue weighted by Crippen LogP contribution is -2.40. The van der Waals surface area contributed by atoms with Crippen LogP contribution in [-0.4, -0.2) is 56.0 Å². The van der Waals surface area contributed by atoms with E-state index in [0.717, 1.165) is 51.9 Å². The number of guanidine groups is 1. The molecule has 0 saturated carbocycles. The smallest absolute Gasteiger partial charge is 0.191 e. The zero-order chi connectivity index (χ0) is 20.3. The first kappa shape index (κ1) is 21.7. The maximum absolute atomic E-state index is 5.47. The highest BCUT2D eigenvalue weighted by atomic mass is 32.2. The molecule has 0 amide bonds. The zero-order valence-corrected chi connectivity index (χ0v) is 18.3. The molecule has 0 aliphatic carbocycles. The Morgan fingerprint density at radius 1 is 1.03 bits per heavy atom. The molecule has 5 nitrogen and oxygen atoms in total. The number of benzene rings is 2. The van der Waals surface area contributed by atoms with Crippen LogP contribution in [-0.2, 0) is 17.8 Å². The average Bonchev–Trinajstić information content (AvgIpc) is 2.76. The lowest BCUT2D eigenvalue weighted by atomic mass is 10.1. The second-order valence-electron chi connectivity index (χ2n) is 7.21. The standard InChI is InChI=1S/C23H32N4OS/c1-19(29-22-10-4-3-5-11-22)16-25-23(24-2)26-17-20-8-6-7-9-21(20)18-27-12-14-28-15-13-27/h3-11,19H,12-18H2,1-2H3,(H2,24,25,26). The van der Waals surface area contributed by atoms with Crippen LogP contribution in [0.4, 0.5) is 0 Å². The summed E-state index contributed by atoms with van der Waals surface area (Å²) in [6.45, 7) is 8.48. The van der Waals surface area contributed by atoms with Crippen molar-refractivity contribution in [1.82, 2.24) is 15.5 Å². The van der Waals surface area contributed by atoms with E-state index in [1.165, 1.54) is 16.0 Å². The molecule has 1 aliphatic rings. The molecule has 2 aromatic rings. The molecule has 156 valence electrons. The van der Waals surface area contributed by atoms with E-state index in [9.17, 15) is 0 Å². The van der Waals surface area contributed by atoms with E-state index in [1.54, 1.807) is 0 Å².